The van der Waals surface area contributed by atoms with Crippen molar-refractivity contribution in [2.45, 2.75) is 76.7 Å². The quantitative estimate of drug-likeness (QED) is 0.323. The molecular formula is C30H42N2O7S. The second kappa shape index (κ2) is 14.5. The Hall–Kier alpha value is -3.11. The van der Waals surface area contributed by atoms with Gasteiger partial charge >= 0.3 is 12.1 Å². The molecule has 1 saturated heterocycles. The highest BCUT2D eigenvalue weighted by Crippen LogP contribution is 2.24. The van der Waals surface area contributed by atoms with Gasteiger partial charge < -0.3 is 19.5 Å². The summed E-state index contributed by atoms with van der Waals surface area (Å²) >= 11 is 0. The molecule has 0 saturated carbocycles. The van der Waals surface area contributed by atoms with Crippen LogP contribution in [0.5, 0.6) is 5.75 Å². The molecule has 1 amide bonds. The van der Waals surface area contributed by atoms with Gasteiger partial charge in [0.2, 0.25) is 10.0 Å². The molecule has 0 bridgehead atoms. The van der Waals surface area contributed by atoms with Crippen LogP contribution < -0.4 is 9.46 Å². The van der Waals surface area contributed by atoms with E-state index in [1.807, 2.05) is 20.8 Å². The Kier molecular flexibility index (Phi) is 11.4. The predicted molar refractivity (Wildman–Crippen MR) is 154 cm³/mol. The molecule has 3 rings (SSSR count). The van der Waals surface area contributed by atoms with Gasteiger partial charge in [-0.2, -0.15) is 0 Å². The molecule has 0 radical (unpaired) electrons. The van der Waals surface area contributed by atoms with E-state index in [0.717, 1.165) is 45.2 Å². The minimum Gasteiger partial charge on any atom is -0.494 e. The van der Waals surface area contributed by atoms with Crippen LogP contribution in [0.2, 0.25) is 0 Å². The van der Waals surface area contributed by atoms with Crippen molar-refractivity contribution in [1.82, 2.24) is 9.62 Å². The highest BCUT2D eigenvalue weighted by molar-refractivity contribution is 7.88. The van der Waals surface area contributed by atoms with Gasteiger partial charge in [0, 0.05) is 13.1 Å². The van der Waals surface area contributed by atoms with Crippen molar-refractivity contribution in [1.29, 1.82) is 0 Å². The number of piperidine rings is 1. The van der Waals surface area contributed by atoms with Gasteiger partial charge in [-0.3, -0.25) is 4.79 Å². The minimum absolute atomic E-state index is 0.0242. The van der Waals surface area contributed by atoms with Crippen LogP contribution in [-0.2, 0) is 31.7 Å². The normalized spacial score (nSPS) is 15.4. The van der Waals surface area contributed by atoms with Crippen LogP contribution in [0.3, 0.4) is 0 Å². The van der Waals surface area contributed by atoms with Gasteiger partial charge in [0.15, 0.2) is 0 Å². The Bertz CT molecular complexity index is 1190. The predicted octanol–water partition coefficient (Wildman–Crippen LogP) is 5.00. The molecule has 10 heteroatoms. The molecule has 220 valence electrons. The van der Waals surface area contributed by atoms with E-state index in [1.165, 1.54) is 0 Å². The Labute approximate surface area is 237 Å². The zero-order valence-electron chi connectivity index (χ0n) is 23.7. The molecule has 0 aliphatic carbocycles. The molecule has 0 aromatic heterocycles. The lowest BCUT2D eigenvalue weighted by molar-refractivity contribution is -0.138. The minimum atomic E-state index is -3.82. The summed E-state index contributed by atoms with van der Waals surface area (Å²) in [4.78, 5) is 25.7. The lowest BCUT2D eigenvalue weighted by Crippen LogP contribution is -2.42. The number of rotatable bonds is 13. The highest BCUT2D eigenvalue weighted by Gasteiger charge is 2.27. The molecule has 2 N–H and O–H groups in total. The second-order valence-electron chi connectivity index (χ2n) is 11.4. The number of hydrogen-bond donors (Lipinski definition) is 2. The number of benzene rings is 2. The third-order valence-corrected chi connectivity index (χ3v) is 8.08. The van der Waals surface area contributed by atoms with Gasteiger partial charge in [-0.15, -0.1) is 0 Å². The van der Waals surface area contributed by atoms with E-state index in [0.29, 0.717) is 29.4 Å². The summed E-state index contributed by atoms with van der Waals surface area (Å²) in [5.41, 5.74) is 0.808. The van der Waals surface area contributed by atoms with Gasteiger partial charge in [-0.1, -0.05) is 48.9 Å². The van der Waals surface area contributed by atoms with E-state index >= 15 is 0 Å². The van der Waals surface area contributed by atoms with Crippen molar-refractivity contribution < 1.29 is 32.6 Å². The first-order valence-electron chi connectivity index (χ1n) is 13.9. The van der Waals surface area contributed by atoms with Gasteiger partial charge in [0.1, 0.15) is 17.4 Å². The first kappa shape index (κ1) is 31.4. The molecule has 2 aromatic rings. The molecule has 1 aliphatic heterocycles. The van der Waals surface area contributed by atoms with Crippen molar-refractivity contribution in [3.63, 3.8) is 0 Å². The van der Waals surface area contributed by atoms with Crippen LogP contribution in [0, 0.1) is 5.92 Å². The second-order valence-corrected chi connectivity index (χ2v) is 13.1. The number of carbonyl (C=O) groups is 2. The number of aliphatic carboxylic acids is 1. The molecule has 1 fully saturated rings. The van der Waals surface area contributed by atoms with E-state index < -0.39 is 27.6 Å². The van der Waals surface area contributed by atoms with Crippen molar-refractivity contribution in [2.24, 2.45) is 5.92 Å². The molecule has 40 heavy (non-hydrogen) atoms. The molecular weight excluding hydrogens is 532 g/mol. The van der Waals surface area contributed by atoms with Crippen molar-refractivity contribution in [3.05, 3.63) is 65.7 Å². The van der Waals surface area contributed by atoms with Gasteiger partial charge in [0.05, 0.1) is 12.4 Å². The monoisotopic (exact) mass is 574 g/mol. The third-order valence-electron chi connectivity index (χ3n) is 6.72. The zero-order chi connectivity index (χ0) is 29.2. The number of carbonyl (C=O) groups excluding carboxylic acids is 1. The van der Waals surface area contributed by atoms with Crippen molar-refractivity contribution in [3.8, 4) is 5.75 Å². The summed E-state index contributed by atoms with van der Waals surface area (Å²) in [5.74, 6) is -0.223. The number of sulfonamides is 1. The van der Waals surface area contributed by atoms with Crippen LogP contribution >= 0.6 is 0 Å². The maximum Gasteiger partial charge on any atom is 0.410 e. The molecule has 2 aromatic carbocycles. The van der Waals surface area contributed by atoms with Gasteiger partial charge in [0.25, 0.3) is 0 Å². The molecule has 0 unspecified atom stereocenters. The number of amides is 1. The average molecular weight is 575 g/mol. The first-order valence-corrected chi connectivity index (χ1v) is 15.5. The lowest BCUT2D eigenvalue weighted by atomic mass is 9.92. The van der Waals surface area contributed by atoms with E-state index in [1.54, 1.807) is 59.5 Å². The summed E-state index contributed by atoms with van der Waals surface area (Å²) < 4.78 is 38.6. The Morgan fingerprint density at radius 3 is 2.25 bits per heavy atom. The first-order chi connectivity index (χ1) is 18.9. The molecule has 9 nitrogen and oxygen atoms in total. The summed E-state index contributed by atoms with van der Waals surface area (Å²) in [6.07, 6.45) is 4.82. The van der Waals surface area contributed by atoms with E-state index in [2.05, 4.69) is 4.72 Å². The van der Waals surface area contributed by atoms with Crippen LogP contribution in [0.15, 0.2) is 54.6 Å². The maximum absolute atomic E-state index is 12.5. The number of likely N-dealkylation sites (tertiary alicyclic amines) is 1. The Morgan fingerprint density at radius 2 is 1.65 bits per heavy atom. The van der Waals surface area contributed by atoms with Crippen LogP contribution in [0.4, 0.5) is 4.79 Å². The Balaban J connectivity index is 1.35. The lowest BCUT2D eigenvalue weighted by Gasteiger charge is -2.33. The van der Waals surface area contributed by atoms with Gasteiger partial charge in [-0.25, -0.2) is 17.9 Å². The SMILES string of the molecule is CC(C)(C)OC(=O)N1CCC(CCCCOc2ccc(C[C@H](NS(=O)(=O)Cc3ccccc3)C(=O)O)cc2)CC1. The maximum atomic E-state index is 12.5. The molecule has 1 atom stereocenters. The number of ether oxygens (including phenoxy) is 2. The summed E-state index contributed by atoms with van der Waals surface area (Å²) in [5, 5.41) is 9.58. The average Bonchev–Trinajstić information content (AvgIpc) is 2.88. The standard InChI is InChI=1S/C30H42N2O7S/c1-30(2,3)39-29(35)32-18-16-23(17-19-32)9-7-8-20-38-26-14-12-24(13-15-26)21-27(28(33)34)31-40(36,37)22-25-10-5-4-6-11-25/h4-6,10-15,23,27,31H,7-9,16-22H2,1-3H3,(H,33,34)/t27-/m0/s1. The fourth-order valence-corrected chi connectivity index (χ4v) is 5.98. The van der Waals surface area contributed by atoms with Gasteiger partial charge in [-0.05, 0) is 82.1 Å². The molecule has 1 heterocycles. The molecule has 0 spiro atoms. The number of carboxylic acid groups (broad SMARTS) is 1. The number of carboxylic acids is 1. The van der Waals surface area contributed by atoms with E-state index in [9.17, 15) is 23.1 Å². The summed E-state index contributed by atoms with van der Waals surface area (Å²) in [7, 11) is -3.82. The summed E-state index contributed by atoms with van der Waals surface area (Å²) in [6.45, 7) is 7.69. The number of hydrogen-bond acceptors (Lipinski definition) is 6. The molecule has 1 aliphatic rings. The largest absolute Gasteiger partial charge is 0.494 e. The fourth-order valence-electron chi connectivity index (χ4n) is 4.64. The number of nitrogens with one attached hydrogen (secondary N) is 1. The number of unbranched alkanes of at least 4 members (excludes halogenated alkanes) is 1. The fraction of sp³-hybridized carbons (Fsp3) is 0.533. The van der Waals surface area contributed by atoms with E-state index in [4.69, 9.17) is 9.47 Å². The third kappa shape index (κ3) is 11.2. The van der Waals surface area contributed by atoms with Crippen LogP contribution in [0.25, 0.3) is 0 Å². The smallest absolute Gasteiger partial charge is 0.410 e. The Morgan fingerprint density at radius 1 is 1.00 bits per heavy atom. The van der Waals surface area contributed by atoms with E-state index in [-0.39, 0.29) is 18.3 Å². The highest BCUT2D eigenvalue weighted by atomic mass is 32.2. The van der Waals surface area contributed by atoms with Crippen LogP contribution in [0.1, 0.15) is 64.0 Å². The van der Waals surface area contributed by atoms with Crippen molar-refractivity contribution in [2.75, 3.05) is 19.7 Å². The van der Waals surface area contributed by atoms with Crippen LogP contribution in [-0.4, -0.2) is 61.8 Å². The topological polar surface area (TPSA) is 122 Å². The van der Waals surface area contributed by atoms with Crippen molar-refractivity contribution >= 4 is 22.1 Å². The number of nitrogens with zero attached hydrogens (tertiary/aromatic N) is 1. The zero-order valence-corrected chi connectivity index (χ0v) is 24.5. The summed E-state index contributed by atoms with van der Waals surface area (Å²) in [6, 6.07) is 14.4.